The Morgan fingerprint density at radius 3 is 2.41 bits per heavy atom. The second-order valence-electron chi connectivity index (χ2n) is 6.04. The Hall–Kier alpha value is -2.00. The number of nitrogens with one attached hydrogen (secondary N) is 1. The summed E-state index contributed by atoms with van der Waals surface area (Å²) in [5.41, 5.74) is 5.69. The van der Waals surface area contributed by atoms with Crippen LogP contribution in [0.25, 0.3) is 0 Å². The maximum absolute atomic E-state index is 5.65. The fourth-order valence-electron chi connectivity index (χ4n) is 3.24. The van der Waals surface area contributed by atoms with Gasteiger partial charge in [0.1, 0.15) is 13.2 Å². The van der Waals surface area contributed by atoms with Crippen molar-refractivity contribution in [2.75, 3.05) is 13.2 Å². The van der Waals surface area contributed by atoms with E-state index in [0.29, 0.717) is 13.2 Å². The molecule has 0 amide bonds. The van der Waals surface area contributed by atoms with Crippen molar-refractivity contribution in [2.24, 2.45) is 0 Å². The average Bonchev–Trinajstić information content (AvgIpc) is 3.02. The molecule has 0 fully saturated rings. The van der Waals surface area contributed by atoms with Crippen molar-refractivity contribution in [3.8, 4) is 11.5 Å². The van der Waals surface area contributed by atoms with Gasteiger partial charge in [-0.25, -0.2) is 0 Å². The lowest BCUT2D eigenvalue weighted by Gasteiger charge is -2.18. The molecule has 22 heavy (non-hydrogen) atoms. The van der Waals surface area contributed by atoms with Gasteiger partial charge < -0.3 is 14.8 Å². The normalized spacial score (nSPS) is 15.6. The van der Waals surface area contributed by atoms with E-state index in [1.807, 2.05) is 6.07 Å². The van der Waals surface area contributed by atoms with Gasteiger partial charge in [0.05, 0.1) is 0 Å². The first-order valence-electron chi connectivity index (χ1n) is 8.08. The number of hydrogen-bond donors (Lipinski definition) is 1. The molecule has 4 rings (SSSR count). The summed E-state index contributed by atoms with van der Waals surface area (Å²) in [5, 5.41) is 3.40. The van der Waals surface area contributed by atoms with Crippen molar-refractivity contribution in [1.29, 1.82) is 0 Å². The van der Waals surface area contributed by atoms with Gasteiger partial charge in [0, 0.05) is 13.1 Å². The minimum Gasteiger partial charge on any atom is -0.486 e. The number of fused-ring (bicyclic) bond motifs is 2. The summed E-state index contributed by atoms with van der Waals surface area (Å²) in [4.78, 5) is 0. The van der Waals surface area contributed by atoms with Crippen LogP contribution < -0.4 is 14.8 Å². The Balaban J connectivity index is 1.37. The summed E-state index contributed by atoms with van der Waals surface area (Å²) >= 11 is 0. The van der Waals surface area contributed by atoms with Crippen molar-refractivity contribution >= 4 is 0 Å². The Kier molecular flexibility index (Phi) is 3.73. The van der Waals surface area contributed by atoms with Crippen LogP contribution in [0.15, 0.2) is 36.4 Å². The van der Waals surface area contributed by atoms with Gasteiger partial charge >= 0.3 is 0 Å². The van der Waals surface area contributed by atoms with Crippen LogP contribution in [-0.4, -0.2) is 13.2 Å². The molecule has 0 saturated carbocycles. The van der Waals surface area contributed by atoms with Crippen LogP contribution in [0.2, 0.25) is 0 Å². The van der Waals surface area contributed by atoms with E-state index in [4.69, 9.17) is 9.47 Å². The van der Waals surface area contributed by atoms with E-state index in [1.165, 1.54) is 22.3 Å². The van der Waals surface area contributed by atoms with Crippen LogP contribution in [-0.2, 0) is 25.9 Å². The molecule has 0 unspecified atom stereocenters. The molecular weight excluding hydrogens is 274 g/mol. The van der Waals surface area contributed by atoms with Crippen LogP contribution in [0.4, 0.5) is 0 Å². The first-order valence-corrected chi connectivity index (χ1v) is 8.08. The summed E-state index contributed by atoms with van der Waals surface area (Å²) < 4.78 is 11.2. The molecule has 0 atom stereocenters. The quantitative estimate of drug-likeness (QED) is 0.939. The largest absolute Gasteiger partial charge is 0.486 e. The van der Waals surface area contributed by atoms with E-state index in [-0.39, 0.29) is 0 Å². The fourth-order valence-corrected chi connectivity index (χ4v) is 3.24. The molecule has 114 valence electrons. The number of ether oxygens (including phenoxy) is 2. The zero-order chi connectivity index (χ0) is 14.8. The third kappa shape index (κ3) is 2.81. The number of benzene rings is 2. The Morgan fingerprint density at radius 1 is 0.773 bits per heavy atom. The molecule has 2 aliphatic heterocycles. The molecule has 0 radical (unpaired) electrons. The standard InChI is InChI=1S/C19H21NO2/c1(2-14-4-6-16-12-20-13-17(16)10-14)3-15-5-7-18-19(11-15)22-9-8-21-18/h4-7,10-11,20H,1-3,8-9,12-13H2. The van der Waals surface area contributed by atoms with E-state index < -0.39 is 0 Å². The van der Waals surface area contributed by atoms with E-state index in [1.54, 1.807) is 0 Å². The molecule has 0 aliphatic carbocycles. The number of aryl methyl sites for hydroxylation is 2. The SMILES string of the molecule is c1cc2c(cc1CCCc1ccc3c(c1)OCCO3)CNC2. The van der Waals surface area contributed by atoms with E-state index >= 15 is 0 Å². The van der Waals surface area contributed by atoms with Crippen LogP contribution >= 0.6 is 0 Å². The van der Waals surface area contributed by atoms with Crippen molar-refractivity contribution in [3.63, 3.8) is 0 Å². The van der Waals surface area contributed by atoms with Crippen LogP contribution in [0.5, 0.6) is 11.5 Å². The van der Waals surface area contributed by atoms with Gasteiger partial charge in [0.2, 0.25) is 0 Å². The second-order valence-corrected chi connectivity index (χ2v) is 6.04. The van der Waals surface area contributed by atoms with Gasteiger partial charge in [0.25, 0.3) is 0 Å². The van der Waals surface area contributed by atoms with E-state index in [9.17, 15) is 0 Å². The molecule has 2 heterocycles. The van der Waals surface area contributed by atoms with Crippen molar-refractivity contribution in [3.05, 3.63) is 58.7 Å². The van der Waals surface area contributed by atoms with Gasteiger partial charge in [-0.3, -0.25) is 0 Å². The average molecular weight is 295 g/mol. The molecule has 2 aromatic carbocycles. The summed E-state index contributed by atoms with van der Waals surface area (Å²) in [5.74, 6) is 1.77. The molecule has 2 aliphatic rings. The van der Waals surface area contributed by atoms with Gasteiger partial charge in [-0.15, -0.1) is 0 Å². The molecule has 0 aromatic heterocycles. The monoisotopic (exact) mass is 295 g/mol. The zero-order valence-electron chi connectivity index (χ0n) is 12.7. The highest BCUT2D eigenvalue weighted by atomic mass is 16.6. The molecule has 0 bridgehead atoms. The summed E-state index contributed by atoms with van der Waals surface area (Å²) in [6, 6.07) is 13.2. The molecule has 0 spiro atoms. The maximum atomic E-state index is 5.65. The Bertz CT molecular complexity index is 681. The predicted molar refractivity (Wildman–Crippen MR) is 86.4 cm³/mol. The third-order valence-corrected chi connectivity index (χ3v) is 4.44. The molecule has 3 nitrogen and oxygen atoms in total. The van der Waals surface area contributed by atoms with Gasteiger partial charge in [-0.2, -0.15) is 0 Å². The lowest BCUT2D eigenvalue weighted by molar-refractivity contribution is 0.171. The maximum Gasteiger partial charge on any atom is 0.161 e. The van der Waals surface area contributed by atoms with Crippen LogP contribution in [0, 0.1) is 0 Å². The van der Waals surface area contributed by atoms with Crippen LogP contribution in [0.3, 0.4) is 0 Å². The van der Waals surface area contributed by atoms with Gasteiger partial charge in [-0.1, -0.05) is 24.3 Å². The topological polar surface area (TPSA) is 30.5 Å². The van der Waals surface area contributed by atoms with Crippen molar-refractivity contribution < 1.29 is 9.47 Å². The summed E-state index contributed by atoms with van der Waals surface area (Å²) in [6.45, 7) is 3.34. The Morgan fingerprint density at radius 2 is 1.50 bits per heavy atom. The minimum atomic E-state index is 0.652. The first-order chi connectivity index (χ1) is 10.9. The fraction of sp³-hybridized carbons (Fsp3) is 0.368. The minimum absolute atomic E-state index is 0.652. The van der Waals surface area contributed by atoms with Crippen molar-refractivity contribution in [1.82, 2.24) is 5.32 Å². The smallest absolute Gasteiger partial charge is 0.161 e. The second kappa shape index (κ2) is 6.01. The predicted octanol–water partition coefficient (Wildman–Crippen LogP) is 3.24. The summed E-state index contributed by atoms with van der Waals surface area (Å²) in [7, 11) is 0. The molecule has 2 aromatic rings. The molecule has 0 saturated heterocycles. The first kappa shape index (κ1) is 13.6. The van der Waals surface area contributed by atoms with E-state index in [2.05, 4.69) is 35.6 Å². The van der Waals surface area contributed by atoms with Crippen molar-refractivity contribution in [2.45, 2.75) is 32.4 Å². The highest BCUT2D eigenvalue weighted by molar-refractivity contribution is 5.44. The molecular formula is C19H21NO2. The third-order valence-electron chi connectivity index (χ3n) is 4.44. The van der Waals surface area contributed by atoms with Crippen LogP contribution in [0.1, 0.15) is 28.7 Å². The summed E-state index contributed by atoms with van der Waals surface area (Å²) in [6.07, 6.45) is 3.36. The molecule has 1 N–H and O–H groups in total. The Labute approximate surface area is 131 Å². The zero-order valence-corrected chi connectivity index (χ0v) is 12.7. The van der Waals surface area contributed by atoms with E-state index in [0.717, 1.165) is 43.9 Å². The van der Waals surface area contributed by atoms with Gasteiger partial charge in [-0.05, 0) is 53.6 Å². The number of rotatable bonds is 4. The van der Waals surface area contributed by atoms with Gasteiger partial charge in [0.15, 0.2) is 11.5 Å². The number of hydrogen-bond acceptors (Lipinski definition) is 3. The lowest BCUT2D eigenvalue weighted by atomic mass is 10.0. The lowest BCUT2D eigenvalue weighted by Crippen LogP contribution is -2.15. The highest BCUT2D eigenvalue weighted by Crippen LogP contribution is 2.31. The molecule has 3 heteroatoms. The highest BCUT2D eigenvalue weighted by Gasteiger charge is 2.12.